The number of benzene rings is 1. The molecule has 0 saturated carbocycles. The SMILES string of the molecule is O=C(c1ccc2c(c1)OCO2)N1CCC[C@H](c2nccn2Cc2ccncc2)C1. The van der Waals surface area contributed by atoms with Crippen LogP contribution in [0.5, 0.6) is 11.5 Å². The van der Waals surface area contributed by atoms with Gasteiger partial charge in [0.05, 0.1) is 0 Å². The molecule has 3 aromatic rings. The van der Waals surface area contributed by atoms with Crippen LogP contribution in [0.25, 0.3) is 0 Å². The van der Waals surface area contributed by atoms with Gasteiger partial charge in [-0.1, -0.05) is 0 Å². The molecule has 0 unspecified atom stereocenters. The van der Waals surface area contributed by atoms with E-state index in [1.54, 1.807) is 24.5 Å². The fourth-order valence-electron chi connectivity index (χ4n) is 4.08. The zero-order valence-corrected chi connectivity index (χ0v) is 16.0. The number of amides is 1. The Kier molecular flexibility index (Phi) is 4.63. The zero-order valence-electron chi connectivity index (χ0n) is 16.0. The average Bonchev–Trinajstić information content (AvgIpc) is 3.43. The molecule has 1 amide bonds. The van der Waals surface area contributed by atoms with E-state index in [1.807, 2.05) is 35.5 Å². The predicted molar refractivity (Wildman–Crippen MR) is 106 cm³/mol. The van der Waals surface area contributed by atoms with Crippen molar-refractivity contribution in [1.29, 1.82) is 0 Å². The summed E-state index contributed by atoms with van der Waals surface area (Å²) in [6.07, 6.45) is 9.45. The highest BCUT2D eigenvalue weighted by Gasteiger charge is 2.29. The first-order valence-electron chi connectivity index (χ1n) is 9.87. The Hall–Kier alpha value is -3.35. The second kappa shape index (κ2) is 7.58. The van der Waals surface area contributed by atoms with E-state index in [0.717, 1.165) is 31.8 Å². The number of fused-ring (bicyclic) bond motifs is 1. The number of rotatable bonds is 4. The number of hydrogen-bond acceptors (Lipinski definition) is 5. The summed E-state index contributed by atoms with van der Waals surface area (Å²) in [7, 11) is 0. The third-order valence-electron chi connectivity index (χ3n) is 5.54. The number of carbonyl (C=O) groups excluding carboxylic acids is 1. The van der Waals surface area contributed by atoms with Crippen LogP contribution in [0.2, 0.25) is 0 Å². The van der Waals surface area contributed by atoms with Crippen molar-refractivity contribution in [3.63, 3.8) is 0 Å². The lowest BCUT2D eigenvalue weighted by molar-refractivity contribution is 0.0703. The number of nitrogens with zero attached hydrogens (tertiary/aromatic N) is 4. The van der Waals surface area contributed by atoms with Crippen LogP contribution in [-0.2, 0) is 6.54 Å². The number of imidazole rings is 1. The summed E-state index contributed by atoms with van der Waals surface area (Å²) in [5.74, 6) is 2.61. The van der Waals surface area contributed by atoms with E-state index in [2.05, 4.69) is 14.5 Å². The molecule has 4 heterocycles. The highest BCUT2D eigenvalue weighted by atomic mass is 16.7. The highest BCUT2D eigenvalue weighted by Crippen LogP contribution is 2.34. The van der Waals surface area contributed by atoms with E-state index in [0.29, 0.717) is 23.6 Å². The summed E-state index contributed by atoms with van der Waals surface area (Å²) in [6.45, 7) is 2.39. The number of hydrogen-bond donors (Lipinski definition) is 0. The molecule has 5 rings (SSSR count). The number of ether oxygens (including phenoxy) is 2. The predicted octanol–water partition coefficient (Wildman–Crippen LogP) is 3.07. The third kappa shape index (κ3) is 3.55. The van der Waals surface area contributed by atoms with Gasteiger partial charge in [0.25, 0.3) is 5.91 Å². The smallest absolute Gasteiger partial charge is 0.254 e. The van der Waals surface area contributed by atoms with Gasteiger partial charge in [-0.15, -0.1) is 0 Å². The second-order valence-corrected chi connectivity index (χ2v) is 7.43. The van der Waals surface area contributed by atoms with Gasteiger partial charge in [0.2, 0.25) is 6.79 Å². The van der Waals surface area contributed by atoms with Crippen molar-refractivity contribution in [3.05, 3.63) is 72.1 Å². The van der Waals surface area contributed by atoms with Gasteiger partial charge in [-0.25, -0.2) is 4.98 Å². The van der Waals surface area contributed by atoms with Crippen LogP contribution >= 0.6 is 0 Å². The van der Waals surface area contributed by atoms with Gasteiger partial charge in [0.1, 0.15) is 5.82 Å². The number of pyridine rings is 1. The molecule has 7 heteroatoms. The van der Waals surface area contributed by atoms with E-state index in [-0.39, 0.29) is 18.6 Å². The van der Waals surface area contributed by atoms with Gasteiger partial charge >= 0.3 is 0 Å². The second-order valence-electron chi connectivity index (χ2n) is 7.43. The molecular formula is C22H22N4O3. The lowest BCUT2D eigenvalue weighted by atomic mass is 9.96. The van der Waals surface area contributed by atoms with Crippen molar-refractivity contribution in [3.8, 4) is 11.5 Å². The van der Waals surface area contributed by atoms with Crippen LogP contribution in [0.4, 0.5) is 0 Å². The molecule has 0 aliphatic carbocycles. The van der Waals surface area contributed by atoms with Crippen molar-refractivity contribution in [2.24, 2.45) is 0 Å². The lowest BCUT2D eigenvalue weighted by Crippen LogP contribution is -2.39. The van der Waals surface area contributed by atoms with Crippen LogP contribution in [-0.4, -0.2) is 45.2 Å². The molecular weight excluding hydrogens is 368 g/mol. The molecule has 0 N–H and O–H groups in total. The summed E-state index contributed by atoms with van der Waals surface area (Å²) < 4.78 is 12.9. The van der Waals surface area contributed by atoms with Crippen molar-refractivity contribution < 1.29 is 14.3 Å². The molecule has 0 radical (unpaired) electrons. The van der Waals surface area contributed by atoms with Crippen molar-refractivity contribution in [1.82, 2.24) is 19.4 Å². The van der Waals surface area contributed by atoms with Gasteiger partial charge < -0.3 is 18.9 Å². The summed E-state index contributed by atoms with van der Waals surface area (Å²) in [5.41, 5.74) is 1.82. The Bertz CT molecular complexity index is 1020. The molecule has 2 aliphatic rings. The van der Waals surface area contributed by atoms with E-state index in [1.165, 1.54) is 5.56 Å². The largest absolute Gasteiger partial charge is 0.454 e. The van der Waals surface area contributed by atoms with Gasteiger partial charge in [0, 0.05) is 55.9 Å². The third-order valence-corrected chi connectivity index (χ3v) is 5.54. The Morgan fingerprint density at radius 1 is 1.10 bits per heavy atom. The Labute approximate surface area is 168 Å². The highest BCUT2D eigenvalue weighted by molar-refractivity contribution is 5.95. The standard InChI is InChI=1S/C22H22N4O3/c27-22(17-3-4-19-20(12-17)29-15-28-19)26-10-1-2-18(14-26)21-24-9-11-25(21)13-16-5-7-23-8-6-16/h3-9,11-12,18H,1-2,10,13-15H2/t18-/m0/s1. The Balaban J connectivity index is 1.32. The topological polar surface area (TPSA) is 69.5 Å². The number of aromatic nitrogens is 3. The van der Waals surface area contributed by atoms with Gasteiger partial charge in [-0.2, -0.15) is 0 Å². The molecule has 2 aliphatic heterocycles. The van der Waals surface area contributed by atoms with Crippen LogP contribution in [0, 0.1) is 0 Å². The summed E-state index contributed by atoms with van der Waals surface area (Å²) >= 11 is 0. The monoisotopic (exact) mass is 390 g/mol. The van der Waals surface area contributed by atoms with E-state index < -0.39 is 0 Å². The normalized spacial score (nSPS) is 18.1. The minimum absolute atomic E-state index is 0.0280. The fraction of sp³-hybridized carbons (Fsp3) is 0.318. The van der Waals surface area contributed by atoms with Gasteiger partial charge in [-0.3, -0.25) is 9.78 Å². The molecule has 0 bridgehead atoms. The molecule has 1 aromatic carbocycles. The number of carbonyl (C=O) groups is 1. The Morgan fingerprint density at radius 3 is 2.86 bits per heavy atom. The molecule has 29 heavy (non-hydrogen) atoms. The average molecular weight is 390 g/mol. The van der Waals surface area contributed by atoms with E-state index in [4.69, 9.17) is 9.47 Å². The molecule has 1 atom stereocenters. The maximum absolute atomic E-state index is 13.1. The van der Waals surface area contributed by atoms with Crippen molar-refractivity contribution >= 4 is 5.91 Å². The van der Waals surface area contributed by atoms with Crippen LogP contribution in [0.1, 0.15) is 40.5 Å². The minimum atomic E-state index is 0.0280. The maximum atomic E-state index is 13.1. The summed E-state index contributed by atoms with van der Waals surface area (Å²) in [5, 5.41) is 0. The van der Waals surface area contributed by atoms with E-state index >= 15 is 0 Å². The molecule has 7 nitrogen and oxygen atoms in total. The first-order chi connectivity index (χ1) is 14.3. The maximum Gasteiger partial charge on any atom is 0.254 e. The molecule has 148 valence electrons. The van der Waals surface area contributed by atoms with Crippen molar-refractivity contribution in [2.75, 3.05) is 19.9 Å². The van der Waals surface area contributed by atoms with Gasteiger partial charge in [0.15, 0.2) is 11.5 Å². The first kappa shape index (κ1) is 17.7. The molecule has 1 fully saturated rings. The quantitative estimate of drug-likeness (QED) is 0.685. The zero-order chi connectivity index (χ0) is 19.6. The molecule has 2 aromatic heterocycles. The van der Waals surface area contributed by atoms with Crippen molar-refractivity contribution in [2.45, 2.75) is 25.3 Å². The number of likely N-dealkylation sites (tertiary alicyclic amines) is 1. The summed E-state index contributed by atoms with van der Waals surface area (Å²) in [4.78, 5) is 23.7. The van der Waals surface area contributed by atoms with Crippen LogP contribution in [0.3, 0.4) is 0 Å². The molecule has 1 saturated heterocycles. The minimum Gasteiger partial charge on any atom is -0.454 e. The molecule has 0 spiro atoms. The fourth-order valence-corrected chi connectivity index (χ4v) is 4.08. The lowest BCUT2D eigenvalue weighted by Gasteiger charge is -2.33. The number of piperidine rings is 1. The van der Waals surface area contributed by atoms with Crippen LogP contribution in [0.15, 0.2) is 55.1 Å². The summed E-state index contributed by atoms with van der Waals surface area (Å²) in [6, 6.07) is 9.42. The van der Waals surface area contributed by atoms with E-state index in [9.17, 15) is 4.79 Å². The Morgan fingerprint density at radius 2 is 1.97 bits per heavy atom. The van der Waals surface area contributed by atoms with Crippen LogP contribution < -0.4 is 9.47 Å². The van der Waals surface area contributed by atoms with Gasteiger partial charge in [-0.05, 0) is 48.7 Å². The first-order valence-corrected chi connectivity index (χ1v) is 9.87.